The van der Waals surface area contributed by atoms with Gasteiger partial charge in [-0.3, -0.25) is 4.79 Å². The van der Waals surface area contributed by atoms with Crippen molar-refractivity contribution >= 4 is 5.91 Å². The third-order valence-electron chi connectivity index (χ3n) is 4.25. The summed E-state index contributed by atoms with van der Waals surface area (Å²) in [5.41, 5.74) is 1.96. The molecule has 5 nitrogen and oxygen atoms in total. The Morgan fingerprint density at radius 3 is 2.42 bits per heavy atom. The van der Waals surface area contributed by atoms with Crippen molar-refractivity contribution in [2.75, 3.05) is 6.54 Å². The fourth-order valence-corrected chi connectivity index (χ4v) is 2.87. The van der Waals surface area contributed by atoms with Crippen LogP contribution in [0, 0.1) is 12.7 Å². The van der Waals surface area contributed by atoms with Gasteiger partial charge in [-0.1, -0.05) is 30.3 Å². The van der Waals surface area contributed by atoms with Crippen molar-refractivity contribution in [2.24, 2.45) is 7.05 Å². The maximum absolute atomic E-state index is 13.9. The first-order valence-electron chi connectivity index (χ1n) is 8.50. The van der Waals surface area contributed by atoms with Crippen LogP contribution in [0.3, 0.4) is 0 Å². The average Bonchev–Trinajstić information content (AvgIpc) is 2.99. The molecule has 0 aliphatic rings. The summed E-state index contributed by atoms with van der Waals surface area (Å²) in [5.74, 6) is 1.02. The van der Waals surface area contributed by atoms with E-state index in [0.29, 0.717) is 23.5 Å². The van der Waals surface area contributed by atoms with E-state index in [2.05, 4.69) is 10.1 Å². The molecule has 0 bridgehead atoms. The Hall–Kier alpha value is -3.02. The molecule has 0 spiro atoms. The van der Waals surface area contributed by atoms with E-state index in [4.69, 9.17) is 0 Å². The van der Waals surface area contributed by atoms with Crippen LogP contribution in [-0.4, -0.2) is 32.1 Å². The third kappa shape index (κ3) is 3.64. The van der Waals surface area contributed by atoms with E-state index in [1.807, 2.05) is 33.0 Å². The molecular formula is C20H21FN4O. The Balaban J connectivity index is 1.80. The van der Waals surface area contributed by atoms with Gasteiger partial charge in [0.05, 0.1) is 0 Å². The van der Waals surface area contributed by atoms with Gasteiger partial charge in [0.15, 0.2) is 5.82 Å². The summed E-state index contributed by atoms with van der Waals surface area (Å²) < 4.78 is 15.6. The Morgan fingerprint density at radius 2 is 1.85 bits per heavy atom. The van der Waals surface area contributed by atoms with Crippen molar-refractivity contribution < 1.29 is 9.18 Å². The maximum Gasteiger partial charge on any atom is 0.254 e. The molecule has 0 radical (unpaired) electrons. The van der Waals surface area contributed by atoms with Gasteiger partial charge in [-0.05, 0) is 32.0 Å². The van der Waals surface area contributed by atoms with E-state index in [-0.39, 0.29) is 18.3 Å². The lowest BCUT2D eigenvalue weighted by atomic mass is 10.1. The monoisotopic (exact) mass is 352 g/mol. The van der Waals surface area contributed by atoms with Gasteiger partial charge in [-0.15, -0.1) is 0 Å². The summed E-state index contributed by atoms with van der Waals surface area (Å²) in [4.78, 5) is 18.8. The number of halogens is 1. The Bertz CT molecular complexity index is 918. The van der Waals surface area contributed by atoms with Gasteiger partial charge in [0, 0.05) is 36.8 Å². The zero-order chi connectivity index (χ0) is 18.7. The first-order valence-corrected chi connectivity index (χ1v) is 8.50. The summed E-state index contributed by atoms with van der Waals surface area (Å²) in [6, 6.07) is 13.8. The minimum Gasteiger partial charge on any atom is -0.334 e. The lowest BCUT2D eigenvalue weighted by Crippen LogP contribution is -2.30. The molecule has 0 N–H and O–H groups in total. The smallest absolute Gasteiger partial charge is 0.254 e. The summed E-state index contributed by atoms with van der Waals surface area (Å²) in [6.07, 6.45) is 0. The highest BCUT2D eigenvalue weighted by Crippen LogP contribution is 2.19. The number of aromatic nitrogens is 3. The molecule has 1 amide bonds. The van der Waals surface area contributed by atoms with Crippen LogP contribution in [0.15, 0.2) is 48.5 Å². The predicted octanol–water partition coefficient (Wildman–Crippen LogP) is 3.59. The summed E-state index contributed by atoms with van der Waals surface area (Å²) >= 11 is 0. The van der Waals surface area contributed by atoms with Crippen molar-refractivity contribution in [3.63, 3.8) is 0 Å². The Labute approximate surface area is 152 Å². The first kappa shape index (κ1) is 17.8. The van der Waals surface area contributed by atoms with E-state index >= 15 is 0 Å². The normalized spacial score (nSPS) is 10.8. The first-order chi connectivity index (χ1) is 12.5. The van der Waals surface area contributed by atoms with E-state index in [9.17, 15) is 9.18 Å². The minimum absolute atomic E-state index is 0.128. The van der Waals surface area contributed by atoms with Crippen LogP contribution in [0.25, 0.3) is 11.4 Å². The molecule has 0 aliphatic carbocycles. The van der Waals surface area contributed by atoms with Crippen molar-refractivity contribution in [1.29, 1.82) is 0 Å². The van der Waals surface area contributed by atoms with Gasteiger partial charge in [-0.25, -0.2) is 14.1 Å². The number of hydrogen-bond acceptors (Lipinski definition) is 3. The molecule has 1 heterocycles. The number of carbonyl (C=O) groups is 1. The van der Waals surface area contributed by atoms with E-state index in [1.54, 1.807) is 39.9 Å². The zero-order valence-corrected chi connectivity index (χ0v) is 15.1. The van der Waals surface area contributed by atoms with Gasteiger partial charge in [0.1, 0.15) is 11.6 Å². The van der Waals surface area contributed by atoms with E-state index < -0.39 is 0 Å². The molecule has 0 unspecified atom stereocenters. The fraction of sp³-hybridized carbons (Fsp3) is 0.250. The highest BCUT2D eigenvalue weighted by atomic mass is 19.1. The van der Waals surface area contributed by atoms with E-state index in [0.717, 1.165) is 11.4 Å². The molecule has 0 aliphatic heterocycles. The van der Waals surface area contributed by atoms with Crippen molar-refractivity contribution in [3.8, 4) is 11.4 Å². The van der Waals surface area contributed by atoms with Crippen LogP contribution in [0.1, 0.15) is 28.7 Å². The fourth-order valence-electron chi connectivity index (χ4n) is 2.87. The highest BCUT2D eigenvalue weighted by Gasteiger charge is 2.17. The zero-order valence-electron chi connectivity index (χ0n) is 15.1. The molecule has 26 heavy (non-hydrogen) atoms. The molecule has 0 fully saturated rings. The minimum atomic E-state index is -0.299. The molecule has 0 saturated heterocycles. The average molecular weight is 352 g/mol. The summed E-state index contributed by atoms with van der Waals surface area (Å²) in [6.45, 7) is 4.46. The number of nitrogens with zero attached hydrogens (tertiary/aromatic N) is 4. The molecule has 134 valence electrons. The Kier molecular flexibility index (Phi) is 5.11. The Morgan fingerprint density at radius 1 is 1.15 bits per heavy atom. The molecule has 3 rings (SSSR count). The van der Waals surface area contributed by atoms with Gasteiger partial charge >= 0.3 is 0 Å². The van der Waals surface area contributed by atoms with Crippen molar-refractivity contribution in [2.45, 2.75) is 20.4 Å². The molecule has 1 aromatic heterocycles. The molecular weight excluding hydrogens is 331 g/mol. The van der Waals surface area contributed by atoms with Gasteiger partial charge in [-0.2, -0.15) is 5.10 Å². The van der Waals surface area contributed by atoms with Crippen molar-refractivity contribution in [1.82, 2.24) is 19.7 Å². The SMILES string of the molecule is CCN(Cc1ccccc1F)C(=O)c1ccc(-c2nc(C)nn2C)cc1. The summed E-state index contributed by atoms with van der Waals surface area (Å²) in [7, 11) is 1.83. The number of carbonyl (C=O) groups excluding carboxylic acids is 1. The van der Waals surface area contributed by atoms with Gasteiger partial charge in [0.2, 0.25) is 0 Å². The van der Waals surface area contributed by atoms with Gasteiger partial charge < -0.3 is 4.90 Å². The molecule has 0 saturated carbocycles. The van der Waals surface area contributed by atoms with Crippen LogP contribution < -0.4 is 0 Å². The second-order valence-corrected chi connectivity index (χ2v) is 6.09. The molecule has 3 aromatic rings. The number of amides is 1. The number of hydrogen-bond donors (Lipinski definition) is 0. The van der Waals surface area contributed by atoms with Crippen LogP contribution in [0.4, 0.5) is 4.39 Å². The third-order valence-corrected chi connectivity index (χ3v) is 4.25. The highest BCUT2D eigenvalue weighted by molar-refractivity contribution is 5.94. The van der Waals surface area contributed by atoms with E-state index in [1.165, 1.54) is 6.07 Å². The number of benzene rings is 2. The molecule has 2 aromatic carbocycles. The summed E-state index contributed by atoms with van der Waals surface area (Å²) in [5, 5.41) is 4.24. The lowest BCUT2D eigenvalue weighted by molar-refractivity contribution is 0.0751. The second kappa shape index (κ2) is 7.47. The maximum atomic E-state index is 13.9. The van der Waals surface area contributed by atoms with Crippen LogP contribution in [-0.2, 0) is 13.6 Å². The molecule has 6 heteroatoms. The largest absolute Gasteiger partial charge is 0.334 e. The van der Waals surface area contributed by atoms with Crippen LogP contribution in [0.5, 0.6) is 0 Å². The van der Waals surface area contributed by atoms with Crippen molar-refractivity contribution in [3.05, 3.63) is 71.3 Å². The molecule has 0 atom stereocenters. The number of aryl methyl sites for hydroxylation is 2. The quantitative estimate of drug-likeness (QED) is 0.705. The second-order valence-electron chi connectivity index (χ2n) is 6.09. The van der Waals surface area contributed by atoms with Crippen LogP contribution >= 0.6 is 0 Å². The lowest BCUT2D eigenvalue weighted by Gasteiger charge is -2.21. The topological polar surface area (TPSA) is 51.0 Å². The number of rotatable bonds is 5. The van der Waals surface area contributed by atoms with Crippen LogP contribution in [0.2, 0.25) is 0 Å². The predicted molar refractivity (Wildman–Crippen MR) is 98.0 cm³/mol. The standard InChI is InChI=1S/C20H21FN4O/c1-4-25(13-17-7-5-6-8-18(17)21)20(26)16-11-9-15(10-12-16)19-22-14(2)23-24(19)3/h5-12H,4,13H2,1-3H3. The van der Waals surface area contributed by atoms with Gasteiger partial charge in [0.25, 0.3) is 5.91 Å².